The maximum atomic E-state index is 12.8. The molecule has 2 heterocycles. The molecule has 0 saturated carbocycles. The minimum absolute atomic E-state index is 0.0832. The fraction of sp³-hybridized carbons (Fsp3) is 0.227. The number of carbonyl (C=O) groups excluding carboxylic acids is 2. The van der Waals surface area contributed by atoms with Crippen molar-refractivity contribution in [3.05, 3.63) is 69.6 Å². The van der Waals surface area contributed by atoms with Crippen molar-refractivity contribution in [1.29, 1.82) is 0 Å². The van der Waals surface area contributed by atoms with E-state index in [1.807, 2.05) is 26.0 Å². The molecule has 2 aromatic carbocycles. The molecule has 28 heavy (non-hydrogen) atoms. The number of rotatable bonds is 3. The van der Waals surface area contributed by atoms with Crippen LogP contribution in [0.5, 0.6) is 0 Å². The number of hydrogen-bond donors (Lipinski definition) is 1. The molecule has 1 N–H and O–H groups in total. The predicted octanol–water partition coefficient (Wildman–Crippen LogP) is 3.79. The van der Waals surface area contributed by atoms with Crippen LogP contribution in [-0.2, 0) is 4.79 Å². The van der Waals surface area contributed by atoms with Crippen LogP contribution in [0, 0.1) is 13.8 Å². The van der Waals surface area contributed by atoms with Gasteiger partial charge in [0, 0.05) is 41.4 Å². The van der Waals surface area contributed by atoms with Gasteiger partial charge >= 0.3 is 5.63 Å². The highest BCUT2D eigenvalue weighted by Crippen LogP contribution is 2.26. The SMILES string of the molecule is Cc1cc2oc(=O)cc(C)c2cc1NC(=O)c1cccc(N2CCCC2=O)c1. The van der Waals surface area contributed by atoms with Crippen LogP contribution in [0.15, 0.2) is 51.7 Å². The van der Waals surface area contributed by atoms with Crippen molar-refractivity contribution >= 4 is 34.2 Å². The van der Waals surface area contributed by atoms with Gasteiger partial charge in [0.15, 0.2) is 0 Å². The van der Waals surface area contributed by atoms with E-state index in [0.717, 1.165) is 28.6 Å². The molecule has 0 spiro atoms. The van der Waals surface area contributed by atoms with E-state index < -0.39 is 5.63 Å². The summed E-state index contributed by atoms with van der Waals surface area (Å²) in [5.41, 5.74) is 3.55. The first kappa shape index (κ1) is 18.0. The van der Waals surface area contributed by atoms with Gasteiger partial charge in [-0.3, -0.25) is 9.59 Å². The van der Waals surface area contributed by atoms with E-state index in [1.165, 1.54) is 6.07 Å². The zero-order valence-electron chi connectivity index (χ0n) is 15.7. The lowest BCUT2D eigenvalue weighted by atomic mass is 10.1. The first-order chi connectivity index (χ1) is 13.4. The molecule has 1 aromatic heterocycles. The molecule has 6 heteroatoms. The van der Waals surface area contributed by atoms with Gasteiger partial charge in [0.1, 0.15) is 5.58 Å². The molecule has 4 rings (SSSR count). The van der Waals surface area contributed by atoms with Crippen LogP contribution in [-0.4, -0.2) is 18.4 Å². The molecule has 0 aliphatic carbocycles. The summed E-state index contributed by atoms with van der Waals surface area (Å²) in [7, 11) is 0. The molecule has 1 aliphatic heterocycles. The zero-order valence-corrected chi connectivity index (χ0v) is 15.7. The Morgan fingerprint density at radius 1 is 1.07 bits per heavy atom. The van der Waals surface area contributed by atoms with Gasteiger partial charge < -0.3 is 14.6 Å². The molecule has 0 atom stereocenters. The van der Waals surface area contributed by atoms with Crippen LogP contribution in [0.25, 0.3) is 11.0 Å². The molecule has 2 amide bonds. The summed E-state index contributed by atoms with van der Waals surface area (Å²) in [5.74, 6) is -0.175. The number of hydrogen-bond acceptors (Lipinski definition) is 4. The molecule has 0 bridgehead atoms. The number of aryl methyl sites for hydroxylation is 2. The van der Waals surface area contributed by atoms with Crippen LogP contribution in [0.1, 0.15) is 34.3 Å². The summed E-state index contributed by atoms with van der Waals surface area (Å²) in [4.78, 5) is 38.0. The fourth-order valence-electron chi connectivity index (χ4n) is 3.53. The summed E-state index contributed by atoms with van der Waals surface area (Å²) in [6.07, 6.45) is 1.38. The highest BCUT2D eigenvalue weighted by molar-refractivity contribution is 6.07. The van der Waals surface area contributed by atoms with E-state index in [9.17, 15) is 14.4 Å². The number of fused-ring (bicyclic) bond motifs is 1. The summed E-state index contributed by atoms with van der Waals surface area (Å²) in [6.45, 7) is 4.35. The van der Waals surface area contributed by atoms with E-state index in [0.29, 0.717) is 29.8 Å². The van der Waals surface area contributed by atoms with E-state index in [-0.39, 0.29) is 11.8 Å². The van der Waals surface area contributed by atoms with E-state index in [4.69, 9.17) is 4.42 Å². The van der Waals surface area contributed by atoms with Crippen molar-refractivity contribution in [2.75, 3.05) is 16.8 Å². The first-order valence-electron chi connectivity index (χ1n) is 9.19. The summed E-state index contributed by atoms with van der Waals surface area (Å²) in [5, 5.41) is 3.70. The van der Waals surface area contributed by atoms with Crippen LogP contribution < -0.4 is 15.8 Å². The van der Waals surface area contributed by atoms with Crippen molar-refractivity contribution in [2.24, 2.45) is 0 Å². The summed E-state index contributed by atoms with van der Waals surface area (Å²) in [6, 6.07) is 12.1. The third kappa shape index (κ3) is 3.29. The summed E-state index contributed by atoms with van der Waals surface area (Å²) >= 11 is 0. The van der Waals surface area contributed by atoms with Gasteiger partial charge in [0.25, 0.3) is 5.91 Å². The lowest BCUT2D eigenvalue weighted by molar-refractivity contribution is -0.117. The Labute approximate surface area is 161 Å². The fourth-order valence-corrected chi connectivity index (χ4v) is 3.53. The number of carbonyl (C=O) groups is 2. The van der Waals surface area contributed by atoms with E-state index >= 15 is 0 Å². The Bertz CT molecular complexity index is 1160. The molecule has 0 unspecified atom stereocenters. The van der Waals surface area contributed by atoms with Crippen LogP contribution >= 0.6 is 0 Å². The molecule has 3 aromatic rings. The first-order valence-corrected chi connectivity index (χ1v) is 9.19. The molecule has 6 nitrogen and oxygen atoms in total. The standard InChI is InChI=1S/C22H20N2O4/c1-13-10-21(26)28-19-9-14(2)18(12-17(13)19)23-22(27)15-5-3-6-16(11-15)24-8-4-7-20(24)25/h3,5-6,9-12H,4,7-8H2,1-2H3,(H,23,27). The summed E-state index contributed by atoms with van der Waals surface area (Å²) < 4.78 is 5.24. The number of amides is 2. The molecular weight excluding hydrogens is 356 g/mol. The van der Waals surface area contributed by atoms with Crippen molar-refractivity contribution in [2.45, 2.75) is 26.7 Å². The van der Waals surface area contributed by atoms with Gasteiger partial charge in [0.2, 0.25) is 5.91 Å². The maximum absolute atomic E-state index is 12.8. The highest BCUT2D eigenvalue weighted by Gasteiger charge is 2.22. The molecule has 1 saturated heterocycles. The van der Waals surface area contributed by atoms with Gasteiger partial charge in [-0.15, -0.1) is 0 Å². The van der Waals surface area contributed by atoms with Crippen molar-refractivity contribution < 1.29 is 14.0 Å². The minimum atomic E-state index is -0.394. The average molecular weight is 376 g/mol. The zero-order chi connectivity index (χ0) is 19.8. The van der Waals surface area contributed by atoms with Gasteiger partial charge in [-0.05, 0) is 61.7 Å². The Balaban J connectivity index is 1.64. The quantitative estimate of drug-likeness (QED) is 0.706. The maximum Gasteiger partial charge on any atom is 0.336 e. The molecule has 142 valence electrons. The molecule has 0 radical (unpaired) electrons. The molecule has 1 fully saturated rings. The Kier molecular flexibility index (Phi) is 4.47. The van der Waals surface area contributed by atoms with E-state index in [1.54, 1.807) is 29.2 Å². The largest absolute Gasteiger partial charge is 0.423 e. The van der Waals surface area contributed by atoms with Crippen molar-refractivity contribution in [1.82, 2.24) is 0 Å². The molecular formula is C22H20N2O4. The third-order valence-corrected chi connectivity index (χ3v) is 5.04. The second-order valence-corrected chi connectivity index (χ2v) is 7.07. The number of nitrogens with zero attached hydrogens (tertiary/aromatic N) is 1. The number of anilines is 2. The van der Waals surface area contributed by atoms with Gasteiger partial charge in [-0.25, -0.2) is 4.79 Å². The topological polar surface area (TPSA) is 79.6 Å². The molecule has 1 aliphatic rings. The normalized spacial score (nSPS) is 13.9. The van der Waals surface area contributed by atoms with E-state index in [2.05, 4.69) is 5.32 Å². The third-order valence-electron chi connectivity index (χ3n) is 5.04. The van der Waals surface area contributed by atoms with Gasteiger partial charge in [-0.1, -0.05) is 6.07 Å². The van der Waals surface area contributed by atoms with Crippen LogP contribution in [0.3, 0.4) is 0 Å². The Morgan fingerprint density at radius 2 is 1.89 bits per heavy atom. The van der Waals surface area contributed by atoms with Crippen LogP contribution in [0.4, 0.5) is 11.4 Å². The second kappa shape index (κ2) is 6.96. The van der Waals surface area contributed by atoms with Gasteiger partial charge in [0.05, 0.1) is 0 Å². The lowest BCUT2D eigenvalue weighted by Crippen LogP contribution is -2.24. The second-order valence-electron chi connectivity index (χ2n) is 7.07. The predicted molar refractivity (Wildman–Crippen MR) is 108 cm³/mol. The smallest absolute Gasteiger partial charge is 0.336 e. The number of benzene rings is 2. The highest BCUT2D eigenvalue weighted by atomic mass is 16.4. The van der Waals surface area contributed by atoms with Crippen molar-refractivity contribution in [3.8, 4) is 0 Å². The van der Waals surface area contributed by atoms with Crippen LogP contribution in [0.2, 0.25) is 0 Å². The Hall–Kier alpha value is -3.41. The average Bonchev–Trinajstić information content (AvgIpc) is 3.09. The Morgan fingerprint density at radius 3 is 2.64 bits per heavy atom. The minimum Gasteiger partial charge on any atom is -0.423 e. The van der Waals surface area contributed by atoms with Crippen molar-refractivity contribution in [3.63, 3.8) is 0 Å². The number of nitrogens with one attached hydrogen (secondary N) is 1. The lowest BCUT2D eigenvalue weighted by Gasteiger charge is -2.17. The monoisotopic (exact) mass is 376 g/mol. The van der Waals surface area contributed by atoms with Gasteiger partial charge in [-0.2, -0.15) is 0 Å².